The molecule has 139 heavy (non-hydrogen) atoms. The molecule has 42 heteroatoms. The Morgan fingerprint density at radius 3 is 1.09 bits per heavy atom. The van der Waals surface area contributed by atoms with Gasteiger partial charge in [-0.3, -0.25) is 62.4 Å². The third-order valence-electron chi connectivity index (χ3n) is 29.5. The normalized spacial score (nSPS) is 28.6. The van der Waals surface area contributed by atoms with Crippen molar-refractivity contribution in [3.63, 3.8) is 0 Å². The molecule has 0 radical (unpaired) electrons. The molecular weight excluding hydrogens is 1910 g/mol. The van der Waals surface area contributed by atoms with Gasteiger partial charge in [0.05, 0.1) is 46.3 Å². The molecule has 15 unspecified atom stereocenters. The van der Waals surface area contributed by atoms with Crippen molar-refractivity contribution >= 4 is 121 Å². The van der Waals surface area contributed by atoms with Gasteiger partial charge >= 0.3 is 0 Å². The van der Waals surface area contributed by atoms with Crippen molar-refractivity contribution < 1.29 is 171 Å². The zero-order chi connectivity index (χ0) is 102. The van der Waals surface area contributed by atoms with Crippen LogP contribution in [0.3, 0.4) is 0 Å². The number of phenolic OH excluding ortho intramolecular Hbond substituents is 4. The molecule has 3 amide bonds. The number of nitrogens with one attached hydrogen (secondary N) is 1. The second kappa shape index (κ2) is 38.2. The number of anilines is 4. The van der Waals surface area contributed by atoms with Crippen LogP contribution in [0, 0.1) is 59.9 Å². The maximum atomic E-state index is 13.9. The van der Waals surface area contributed by atoms with Crippen LogP contribution >= 0.6 is 0 Å². The van der Waals surface area contributed by atoms with Gasteiger partial charge in [0.1, 0.15) is 91.3 Å². The van der Waals surface area contributed by atoms with Crippen molar-refractivity contribution in [1.29, 1.82) is 0 Å². The maximum absolute atomic E-state index is 13.9. The van der Waals surface area contributed by atoms with Crippen molar-refractivity contribution in [1.82, 2.24) is 10.2 Å². The van der Waals surface area contributed by atoms with Crippen molar-refractivity contribution in [2.45, 2.75) is 151 Å². The number of nitrogens with zero attached hydrogens (tertiary/aromatic N) is 6. The summed E-state index contributed by atoms with van der Waals surface area (Å²) in [7, 11) is 17.5. The van der Waals surface area contributed by atoms with Crippen LogP contribution in [0.4, 0.5) is 22.7 Å². The van der Waals surface area contributed by atoms with Crippen LogP contribution in [0.5, 0.6) is 23.0 Å². The summed E-state index contributed by atoms with van der Waals surface area (Å²) < 4.78 is 0. The van der Waals surface area contributed by atoms with Crippen LogP contribution in [0.2, 0.25) is 0 Å². The van der Waals surface area contributed by atoms with E-state index >= 15 is 0 Å². The second-order valence-electron chi connectivity index (χ2n) is 38.1. The Balaban J connectivity index is 0.000000176. The summed E-state index contributed by atoms with van der Waals surface area (Å²) in [5.74, 6) is -27.8. The summed E-state index contributed by atoms with van der Waals surface area (Å²) in [6.45, 7) is 5.87. The number of rotatable bonds is 13. The van der Waals surface area contributed by atoms with Crippen LogP contribution in [0.15, 0.2) is 121 Å². The van der Waals surface area contributed by atoms with Crippen LogP contribution in [-0.4, -0.2) is 289 Å². The summed E-state index contributed by atoms with van der Waals surface area (Å²) in [4.78, 5) is 165. The van der Waals surface area contributed by atoms with Crippen molar-refractivity contribution in [3.8, 4) is 23.0 Å². The molecule has 13 aliphatic carbocycles. The molecule has 0 aromatic heterocycles. The first-order chi connectivity index (χ1) is 64.6. The minimum absolute atomic E-state index is 0. The van der Waals surface area contributed by atoms with Crippen LogP contribution in [-0.2, 0) is 104 Å². The van der Waals surface area contributed by atoms with Gasteiger partial charge < -0.3 is 140 Å². The number of allylic oxidation sites excluding steroid dienone is 1. The molecule has 0 aliphatic heterocycles. The van der Waals surface area contributed by atoms with E-state index in [1.807, 2.05) is 57.0 Å². The Morgan fingerprint density at radius 1 is 0.453 bits per heavy atom. The number of carbonyl (C=O) groups is 12. The van der Waals surface area contributed by atoms with E-state index in [4.69, 9.17) is 28.0 Å². The summed E-state index contributed by atoms with van der Waals surface area (Å²) >= 11 is 0. The first-order valence-corrected chi connectivity index (χ1v) is 44.7. The number of aliphatic hydroxyl groups excluding tert-OH is 9. The van der Waals surface area contributed by atoms with Crippen LogP contribution in [0.25, 0.3) is 23.0 Å². The second-order valence-corrected chi connectivity index (χ2v) is 38.1. The molecule has 17 rings (SSSR count). The number of nitrogens with two attached hydrogens (primary N) is 4. The number of aromatic hydroxyl groups is 4. The van der Waals surface area contributed by atoms with Gasteiger partial charge in [-0.2, -0.15) is 6.92 Å². The number of benzene rings is 4. The summed E-state index contributed by atoms with van der Waals surface area (Å²) in [5, 5.41) is 199. The fourth-order valence-corrected chi connectivity index (χ4v) is 22.8. The maximum Gasteiger partial charge on any atom is 0.256 e. The predicted molar refractivity (Wildman–Crippen MR) is 498 cm³/mol. The number of likely N-dealkylation sites (N-methyl/N-ethyl adjacent to an activating group) is 1. The average Bonchev–Trinajstić information content (AvgIpc) is 0.762. The third-order valence-corrected chi connectivity index (χ3v) is 29.5. The average molecular weight is 2020 g/mol. The van der Waals surface area contributed by atoms with Gasteiger partial charge in [0.2, 0.25) is 28.9 Å². The quantitative estimate of drug-likeness (QED) is 0.0228. The van der Waals surface area contributed by atoms with Gasteiger partial charge in [0.15, 0.2) is 51.3 Å². The molecule has 27 N–H and O–H groups in total. The van der Waals surface area contributed by atoms with E-state index < -0.39 is 238 Å². The topological polar surface area (TPSA) is 714 Å². The number of oxime groups is 1. The predicted octanol–water partition coefficient (Wildman–Crippen LogP) is 3.30. The van der Waals surface area contributed by atoms with Crippen LogP contribution in [0.1, 0.15) is 124 Å². The number of phenols is 4. The number of hydrogen-bond donors (Lipinski definition) is 23. The Morgan fingerprint density at radius 2 is 0.763 bits per heavy atom. The Kier molecular flexibility index (Phi) is 28.8. The van der Waals surface area contributed by atoms with Gasteiger partial charge in [-0.05, 0) is 179 Å². The standard InChI is InChI=1S/C26H31N3O7.C25H30N2O7.C23H27N3O7.C21H21N3O8.C2H5O.Pd.H2/c1-29(2)15-7-8-16(30)18-13(15)9-11-10-14-20(28-12-5-3-4-6-12)22(32)19(25(27)35)24(34)26(14,36)23(33)17(11)21(18)31;1-5-10(2)20(29)18-22(31)19(26)13-9-11-8-12-14(27(3)4)6-7-15(28)17(12)21(30)16(11)23(32)25(13,34)24(18)33;1-25(2)12-5-6-13(27)15-10(12)7-9-8-11-17(26(3)4)19(29)16(22(24)32)21(31)23(11,33)20(30)14(9)18(15)28;1-24(2)10-3-4-11(25)13-8(10)5-7-6-9-15(23-32)17(27)14(20(22)30)19(29)21(9,31)18(28)12(7)16(13)26;1-2-3;;/h7-8,11-12,14,20,28,30-31,34,36H,3-6,9-10H2,1-2H3,(H2,27,35);6-7,10-11,13,19,28,30,33-34H,5,8-9,26H2,1-4H3;5-6,9,11,17,27-28,31,33H,7-8H2,1-4H3,(H2,24,32);3-4,7,9,25-27,31-32H,5-6H2,1-2H3,(H2,22,30);2-3H,1H3;;1H/q;;;;-1;;/b;;;23-15-;;;/t11?,14?,20-,26?;;;;;;/m1....../s1. The molecule has 16 atom stereocenters. The Hall–Kier alpha value is -13.1. The molecule has 5 fully saturated rings. The number of amides is 3. The zero-order valence-electron chi connectivity index (χ0n) is 78.2. The molecule has 4 aromatic rings. The molecule has 0 saturated heterocycles. The minimum Gasteiger partial charge on any atom is -0.566 e. The minimum atomic E-state index is -2.93. The summed E-state index contributed by atoms with van der Waals surface area (Å²) in [6, 6.07) is 8.72. The molecule has 0 spiro atoms. The first kappa shape index (κ1) is 105. The van der Waals surface area contributed by atoms with E-state index in [1.165, 1.54) is 29.2 Å². The van der Waals surface area contributed by atoms with E-state index in [1.54, 1.807) is 78.1 Å². The number of primary amides is 3. The number of ketones is 9. The molecular formula is C97H116N11O30Pd-. The van der Waals surface area contributed by atoms with Gasteiger partial charge in [-0.15, -0.1) is 0 Å². The molecule has 41 nitrogen and oxygen atoms in total. The Labute approximate surface area is 811 Å². The molecule has 4 aromatic carbocycles. The molecule has 13 aliphatic rings. The smallest absolute Gasteiger partial charge is 0.256 e. The number of hydrogen-bond acceptors (Lipinski definition) is 38. The van der Waals surface area contributed by atoms with Crippen molar-refractivity contribution in [3.05, 3.63) is 167 Å². The van der Waals surface area contributed by atoms with Crippen LogP contribution < -0.4 is 47.9 Å². The van der Waals surface area contributed by atoms with E-state index in [0.29, 0.717) is 34.4 Å². The number of fused-ring (bicyclic) bond motifs is 12. The number of Topliss-reactive ketones (excluding diaryl/α,β-unsaturated/α-hetero) is 9. The van der Waals surface area contributed by atoms with E-state index in [-0.39, 0.29) is 147 Å². The summed E-state index contributed by atoms with van der Waals surface area (Å²) in [5.41, 5.74) is 12.1. The SMILES string of the molecule is CCC(C)C(=O)C1=C(O)C2(O)C(=O)C3=C(O)c4c(O)ccc(N(C)C)c4CC3CC2C(N)C1=O.CN(C)c1ccc(O)c2c1CC1CC3/C(=N/O)C(O)=C(C(N)=O)C(=O)C3(O)C(=O)C1=C2O.CN(C)c1ccc(O)c2c1CC1CC3C(N(C)C)C(=O)C(C(N)=O)=C(O)C3(O)C(=O)C1=C2O.CN(C)c1ccc(O)c2c1CC1CC3[C@@H](NC4CCCC4)C(=O)C(C(N)=O)=C(O)C3(O)C(=O)C1=C2O.C[CH-]O.[HH].[Pd]. The molecule has 750 valence electrons. The molecule has 0 bridgehead atoms. The Bertz CT molecular complexity index is 6310. The monoisotopic (exact) mass is 2020 g/mol. The number of carbonyl (C=O) groups excluding carboxylic acids is 12. The van der Waals surface area contributed by atoms with Gasteiger partial charge in [-0.1, -0.05) is 31.8 Å². The molecule has 5 saturated carbocycles. The fraction of sp³-hybridized carbons (Fsp3) is 0.443. The van der Waals surface area contributed by atoms with Gasteiger partial charge in [0, 0.05) is 153 Å². The van der Waals surface area contributed by atoms with Gasteiger partial charge in [-0.25, -0.2) is 6.61 Å². The first-order valence-electron chi connectivity index (χ1n) is 44.7. The summed E-state index contributed by atoms with van der Waals surface area (Å²) in [6.07, 6.45) is 4.83. The van der Waals surface area contributed by atoms with E-state index in [9.17, 15) is 144 Å². The van der Waals surface area contributed by atoms with E-state index in [0.717, 1.165) is 49.4 Å². The number of aliphatic hydroxyl groups is 13. The molecule has 0 heterocycles. The largest absolute Gasteiger partial charge is 0.566 e. The van der Waals surface area contributed by atoms with Crippen molar-refractivity contribution in [2.24, 2.45) is 81.4 Å². The van der Waals surface area contributed by atoms with Crippen molar-refractivity contribution in [2.75, 3.05) is 90.1 Å². The third kappa shape index (κ3) is 16.1. The zero-order valence-corrected chi connectivity index (χ0v) is 79.7. The van der Waals surface area contributed by atoms with Gasteiger partial charge in [0.25, 0.3) is 17.7 Å². The van der Waals surface area contributed by atoms with E-state index in [2.05, 4.69) is 10.5 Å². The fourth-order valence-electron chi connectivity index (χ4n) is 22.8.